The molecule has 0 amide bonds. The molecule has 0 radical (unpaired) electrons. The Labute approximate surface area is 108 Å². The van der Waals surface area contributed by atoms with E-state index in [4.69, 9.17) is 4.74 Å². The van der Waals surface area contributed by atoms with Gasteiger partial charge in [0.05, 0.1) is 6.10 Å². The van der Waals surface area contributed by atoms with Gasteiger partial charge in [-0.25, -0.2) is 4.79 Å². The summed E-state index contributed by atoms with van der Waals surface area (Å²) in [5.74, 6) is 0.343. The van der Waals surface area contributed by atoms with E-state index in [1.54, 1.807) is 0 Å². The molecule has 1 heterocycles. The van der Waals surface area contributed by atoms with Crippen LogP contribution in [-0.2, 0) is 9.53 Å². The summed E-state index contributed by atoms with van der Waals surface area (Å²) < 4.78 is 5.23. The van der Waals surface area contributed by atoms with Crippen molar-refractivity contribution in [2.75, 3.05) is 6.61 Å². The van der Waals surface area contributed by atoms with E-state index in [1.165, 1.54) is 5.57 Å². The number of rotatable bonds is 0. The molecule has 0 bridgehead atoms. The monoisotopic (exact) mass is 250 g/mol. The third-order valence-electron chi connectivity index (χ3n) is 5.79. The van der Waals surface area contributed by atoms with Crippen LogP contribution >= 0.6 is 0 Å². The van der Waals surface area contributed by atoms with Gasteiger partial charge in [0.1, 0.15) is 6.61 Å². The van der Waals surface area contributed by atoms with Gasteiger partial charge in [-0.15, -0.1) is 0 Å². The Bertz CT molecular complexity index is 435. The fourth-order valence-corrected chi connectivity index (χ4v) is 4.57. The Morgan fingerprint density at radius 3 is 2.72 bits per heavy atom. The molecule has 100 valence electrons. The van der Waals surface area contributed by atoms with Crippen LogP contribution < -0.4 is 0 Å². The van der Waals surface area contributed by atoms with Gasteiger partial charge < -0.3 is 9.84 Å². The smallest absolute Gasteiger partial charge is 0.334 e. The van der Waals surface area contributed by atoms with Crippen LogP contribution in [-0.4, -0.2) is 23.8 Å². The molecule has 1 aliphatic heterocycles. The molecule has 1 saturated carbocycles. The van der Waals surface area contributed by atoms with Crippen molar-refractivity contribution in [2.24, 2.45) is 16.7 Å². The number of carbonyl (C=O) groups is 1. The van der Waals surface area contributed by atoms with Crippen LogP contribution in [0.4, 0.5) is 0 Å². The average molecular weight is 250 g/mol. The predicted octanol–water partition coefficient (Wildman–Crippen LogP) is 2.44. The Morgan fingerprint density at radius 1 is 1.28 bits per heavy atom. The molecule has 1 N–H and O–H groups in total. The Morgan fingerprint density at radius 2 is 2.00 bits per heavy atom. The van der Waals surface area contributed by atoms with E-state index in [0.29, 0.717) is 12.5 Å². The van der Waals surface area contributed by atoms with Gasteiger partial charge in [-0.05, 0) is 48.0 Å². The highest BCUT2D eigenvalue weighted by Crippen LogP contribution is 2.60. The van der Waals surface area contributed by atoms with Gasteiger partial charge in [0.25, 0.3) is 0 Å². The zero-order valence-electron chi connectivity index (χ0n) is 11.5. The van der Waals surface area contributed by atoms with E-state index < -0.39 is 0 Å². The van der Waals surface area contributed by atoms with E-state index in [2.05, 4.69) is 20.8 Å². The molecule has 3 heteroatoms. The van der Waals surface area contributed by atoms with Crippen molar-refractivity contribution in [3.05, 3.63) is 11.1 Å². The molecule has 0 aromatic rings. The summed E-state index contributed by atoms with van der Waals surface area (Å²) in [6.07, 6.45) is 3.39. The molecule has 3 atom stereocenters. The number of aliphatic hydroxyl groups excluding tert-OH is 1. The molecule has 1 fully saturated rings. The topological polar surface area (TPSA) is 46.5 Å². The lowest BCUT2D eigenvalue weighted by molar-refractivity contribution is -0.136. The standard InChI is InChI=1S/C15H22O3/c1-14(2)11-5-4-9-10(8-18-13(9)17)15(11,3)7-6-12(14)16/h11-12,16H,4-8H2,1-3H3/t11-,12+,15+/m0/s1. The summed E-state index contributed by atoms with van der Waals surface area (Å²) in [6, 6.07) is 0. The molecular formula is C15H22O3. The van der Waals surface area contributed by atoms with Gasteiger partial charge in [-0.2, -0.15) is 0 Å². The minimum atomic E-state index is -0.226. The largest absolute Gasteiger partial charge is 0.458 e. The zero-order chi connectivity index (χ0) is 13.1. The molecule has 0 spiro atoms. The lowest BCUT2D eigenvalue weighted by Crippen LogP contribution is -2.52. The number of hydrogen-bond donors (Lipinski definition) is 1. The summed E-state index contributed by atoms with van der Waals surface area (Å²) in [6.45, 7) is 7.08. The molecule has 2 aliphatic carbocycles. The fourth-order valence-electron chi connectivity index (χ4n) is 4.57. The number of esters is 1. The number of hydrogen-bond acceptors (Lipinski definition) is 3. The van der Waals surface area contributed by atoms with E-state index in [-0.39, 0.29) is 22.9 Å². The molecular weight excluding hydrogens is 228 g/mol. The van der Waals surface area contributed by atoms with Crippen molar-refractivity contribution >= 4 is 5.97 Å². The fraction of sp³-hybridized carbons (Fsp3) is 0.800. The molecule has 0 aromatic heterocycles. The molecule has 3 rings (SSSR count). The van der Waals surface area contributed by atoms with Gasteiger partial charge in [0, 0.05) is 5.57 Å². The van der Waals surface area contributed by atoms with Crippen LogP contribution in [0.25, 0.3) is 0 Å². The second-order valence-corrected chi connectivity index (χ2v) is 6.92. The highest BCUT2D eigenvalue weighted by Gasteiger charge is 2.56. The maximum Gasteiger partial charge on any atom is 0.334 e. The van der Waals surface area contributed by atoms with Gasteiger partial charge in [0.2, 0.25) is 0 Å². The van der Waals surface area contributed by atoms with Crippen molar-refractivity contribution in [1.29, 1.82) is 0 Å². The van der Waals surface area contributed by atoms with Crippen LogP contribution in [0.2, 0.25) is 0 Å². The summed E-state index contributed by atoms with van der Waals surface area (Å²) in [5, 5.41) is 10.3. The average Bonchev–Trinajstić information content (AvgIpc) is 2.68. The summed E-state index contributed by atoms with van der Waals surface area (Å²) in [7, 11) is 0. The minimum Gasteiger partial charge on any atom is -0.458 e. The second-order valence-electron chi connectivity index (χ2n) is 6.92. The lowest BCUT2D eigenvalue weighted by atomic mass is 9.49. The predicted molar refractivity (Wildman–Crippen MR) is 67.8 cm³/mol. The molecule has 0 unspecified atom stereocenters. The SMILES string of the molecule is CC1(C)[C@H](O)CC[C@]2(C)C3=C(CC[C@@H]12)C(=O)OC3. The normalized spacial score (nSPS) is 42.3. The van der Waals surface area contributed by atoms with E-state index in [1.807, 2.05) is 0 Å². The van der Waals surface area contributed by atoms with Gasteiger partial charge in [0.15, 0.2) is 0 Å². The first-order valence-corrected chi connectivity index (χ1v) is 6.95. The number of ether oxygens (including phenoxy) is 1. The van der Waals surface area contributed by atoms with Crippen molar-refractivity contribution in [3.8, 4) is 0 Å². The van der Waals surface area contributed by atoms with Crippen LogP contribution in [0.3, 0.4) is 0 Å². The number of carbonyl (C=O) groups excluding carboxylic acids is 1. The zero-order valence-corrected chi connectivity index (χ0v) is 11.5. The molecule has 3 aliphatic rings. The summed E-state index contributed by atoms with van der Waals surface area (Å²) in [5.41, 5.74) is 2.13. The molecule has 18 heavy (non-hydrogen) atoms. The maximum absolute atomic E-state index is 11.7. The van der Waals surface area contributed by atoms with E-state index in [0.717, 1.165) is 31.3 Å². The van der Waals surface area contributed by atoms with E-state index >= 15 is 0 Å². The Kier molecular flexibility index (Phi) is 2.44. The first-order valence-electron chi connectivity index (χ1n) is 6.95. The third kappa shape index (κ3) is 1.37. The second kappa shape index (κ2) is 3.60. The van der Waals surface area contributed by atoms with E-state index in [9.17, 15) is 9.90 Å². The van der Waals surface area contributed by atoms with Crippen LogP contribution in [0.1, 0.15) is 46.5 Å². The number of cyclic esters (lactones) is 1. The molecule has 0 saturated heterocycles. The number of aliphatic hydroxyl groups is 1. The van der Waals surface area contributed by atoms with Gasteiger partial charge in [-0.1, -0.05) is 20.8 Å². The van der Waals surface area contributed by atoms with Crippen molar-refractivity contribution in [3.63, 3.8) is 0 Å². The highest BCUT2D eigenvalue weighted by atomic mass is 16.5. The lowest BCUT2D eigenvalue weighted by Gasteiger charge is -2.55. The van der Waals surface area contributed by atoms with Gasteiger partial charge >= 0.3 is 5.97 Å². The number of fused-ring (bicyclic) bond motifs is 2. The highest BCUT2D eigenvalue weighted by molar-refractivity contribution is 5.92. The van der Waals surface area contributed by atoms with Crippen LogP contribution in [0.15, 0.2) is 11.1 Å². The van der Waals surface area contributed by atoms with Crippen molar-refractivity contribution in [1.82, 2.24) is 0 Å². The van der Waals surface area contributed by atoms with Crippen molar-refractivity contribution in [2.45, 2.75) is 52.6 Å². The molecule has 3 nitrogen and oxygen atoms in total. The Balaban J connectivity index is 2.06. The quantitative estimate of drug-likeness (QED) is 0.672. The van der Waals surface area contributed by atoms with Gasteiger partial charge in [-0.3, -0.25) is 0 Å². The summed E-state index contributed by atoms with van der Waals surface area (Å²) >= 11 is 0. The summed E-state index contributed by atoms with van der Waals surface area (Å²) in [4.78, 5) is 11.7. The van der Waals surface area contributed by atoms with Crippen LogP contribution in [0, 0.1) is 16.7 Å². The third-order valence-corrected chi connectivity index (χ3v) is 5.79. The van der Waals surface area contributed by atoms with Crippen LogP contribution in [0.5, 0.6) is 0 Å². The first-order chi connectivity index (χ1) is 8.37. The van der Waals surface area contributed by atoms with Crippen molar-refractivity contribution < 1.29 is 14.6 Å². The minimum absolute atomic E-state index is 0.0441. The molecule has 0 aromatic carbocycles. The maximum atomic E-state index is 11.7. The Hall–Kier alpha value is -0.830. The first kappa shape index (κ1) is 12.2.